The number of hydrogen-bond acceptors (Lipinski definition) is 5. The lowest BCUT2D eigenvalue weighted by molar-refractivity contribution is -0.139. The van der Waals surface area contributed by atoms with Crippen LogP contribution in [0.1, 0.15) is 51.5 Å². The molecular formula is C27H34O5. The van der Waals surface area contributed by atoms with Gasteiger partial charge in [-0.25, -0.2) is 0 Å². The summed E-state index contributed by atoms with van der Waals surface area (Å²) in [4.78, 5) is 26.3. The van der Waals surface area contributed by atoms with E-state index >= 15 is 0 Å². The van der Waals surface area contributed by atoms with Crippen LogP contribution in [-0.4, -0.2) is 30.9 Å². The van der Waals surface area contributed by atoms with Gasteiger partial charge in [0.2, 0.25) is 0 Å². The minimum absolute atomic E-state index is 0.137. The first-order valence-electron chi connectivity index (χ1n) is 10.8. The van der Waals surface area contributed by atoms with E-state index in [1.54, 1.807) is 26.4 Å². The molecule has 32 heavy (non-hydrogen) atoms. The van der Waals surface area contributed by atoms with Crippen molar-refractivity contribution in [1.82, 2.24) is 0 Å². The summed E-state index contributed by atoms with van der Waals surface area (Å²) in [6.07, 6.45) is 7.09. The Hall–Kier alpha value is -3.08. The van der Waals surface area contributed by atoms with Crippen LogP contribution in [0.5, 0.6) is 11.5 Å². The number of allylic oxidation sites excluding steroid dienone is 5. The van der Waals surface area contributed by atoms with Crippen LogP contribution in [0.25, 0.3) is 6.08 Å². The van der Waals surface area contributed by atoms with Gasteiger partial charge >= 0.3 is 0 Å². The van der Waals surface area contributed by atoms with E-state index in [1.165, 1.54) is 6.08 Å². The number of carbonyl (C=O) groups excluding carboxylic acids is 2. The number of benzene rings is 1. The molecule has 1 aliphatic carbocycles. The SMILES string of the molecule is C=C(C)CCC1(CCC(=C)C)C(=O)C(CC=Cc2c(OC)cccc2OC)C(=O)C=C1O. The summed E-state index contributed by atoms with van der Waals surface area (Å²) in [6, 6.07) is 5.47. The third kappa shape index (κ3) is 5.58. The van der Waals surface area contributed by atoms with Gasteiger partial charge < -0.3 is 14.6 Å². The summed E-state index contributed by atoms with van der Waals surface area (Å²) >= 11 is 0. The highest BCUT2D eigenvalue weighted by Gasteiger charge is 2.49. The van der Waals surface area contributed by atoms with Crippen LogP contribution < -0.4 is 9.47 Å². The zero-order chi connectivity index (χ0) is 23.9. The van der Waals surface area contributed by atoms with Gasteiger partial charge in [-0.2, -0.15) is 0 Å². The Morgan fingerprint density at radius 3 is 2.06 bits per heavy atom. The average molecular weight is 439 g/mol. The van der Waals surface area contributed by atoms with Gasteiger partial charge in [0.1, 0.15) is 17.3 Å². The highest BCUT2D eigenvalue weighted by molar-refractivity contribution is 6.13. The number of aliphatic hydroxyl groups is 1. The molecule has 2 rings (SSSR count). The smallest absolute Gasteiger partial charge is 0.169 e. The summed E-state index contributed by atoms with van der Waals surface area (Å²) in [5.74, 6) is -0.319. The van der Waals surface area contributed by atoms with Crippen molar-refractivity contribution in [2.75, 3.05) is 14.2 Å². The van der Waals surface area contributed by atoms with Gasteiger partial charge in [-0.05, 0) is 58.1 Å². The lowest BCUT2D eigenvalue weighted by atomic mass is 9.64. The second-order valence-corrected chi connectivity index (χ2v) is 8.56. The maximum atomic E-state index is 13.6. The lowest BCUT2D eigenvalue weighted by Crippen LogP contribution is -2.44. The van der Waals surface area contributed by atoms with Gasteiger partial charge in [0.05, 0.1) is 31.1 Å². The molecule has 0 aromatic heterocycles. The van der Waals surface area contributed by atoms with E-state index in [4.69, 9.17) is 9.47 Å². The topological polar surface area (TPSA) is 72.8 Å². The van der Waals surface area contributed by atoms with Crippen molar-refractivity contribution >= 4 is 17.6 Å². The predicted molar refractivity (Wildman–Crippen MR) is 128 cm³/mol. The normalized spacial score (nSPS) is 17.9. The Morgan fingerprint density at radius 1 is 1.06 bits per heavy atom. The molecule has 1 N–H and O–H groups in total. The highest BCUT2D eigenvalue weighted by atomic mass is 16.5. The molecule has 0 heterocycles. The van der Waals surface area contributed by atoms with Crippen LogP contribution in [-0.2, 0) is 9.59 Å². The van der Waals surface area contributed by atoms with Crippen molar-refractivity contribution in [2.24, 2.45) is 11.3 Å². The number of Topliss-reactive ketones (excluding diaryl/α,β-unsaturated/α-hetero) is 1. The number of ketones is 2. The van der Waals surface area contributed by atoms with Crippen LogP contribution in [0.4, 0.5) is 0 Å². The minimum Gasteiger partial charge on any atom is -0.511 e. The molecule has 1 atom stereocenters. The van der Waals surface area contributed by atoms with E-state index in [0.717, 1.165) is 16.7 Å². The zero-order valence-electron chi connectivity index (χ0n) is 19.6. The van der Waals surface area contributed by atoms with Crippen molar-refractivity contribution < 1.29 is 24.2 Å². The molecule has 1 unspecified atom stereocenters. The number of carbonyl (C=O) groups is 2. The maximum absolute atomic E-state index is 13.6. The summed E-state index contributed by atoms with van der Waals surface area (Å²) < 4.78 is 10.8. The molecule has 1 aliphatic rings. The molecule has 5 heteroatoms. The van der Waals surface area contributed by atoms with Gasteiger partial charge in [-0.1, -0.05) is 29.4 Å². The number of hydrogen-bond donors (Lipinski definition) is 1. The van der Waals surface area contributed by atoms with Crippen LogP contribution in [0.15, 0.2) is 60.4 Å². The first-order chi connectivity index (χ1) is 15.2. The quantitative estimate of drug-likeness (QED) is 0.338. The molecule has 1 aromatic carbocycles. The number of ether oxygens (including phenoxy) is 2. The van der Waals surface area contributed by atoms with E-state index in [9.17, 15) is 14.7 Å². The van der Waals surface area contributed by atoms with Gasteiger partial charge in [0, 0.05) is 6.08 Å². The maximum Gasteiger partial charge on any atom is 0.169 e. The van der Waals surface area contributed by atoms with Crippen molar-refractivity contribution in [3.8, 4) is 11.5 Å². The van der Waals surface area contributed by atoms with Crippen molar-refractivity contribution in [3.63, 3.8) is 0 Å². The number of methoxy groups -OCH3 is 2. The molecule has 0 aliphatic heterocycles. The van der Waals surface area contributed by atoms with E-state index in [1.807, 2.05) is 32.0 Å². The van der Waals surface area contributed by atoms with Crippen molar-refractivity contribution in [3.05, 3.63) is 66.0 Å². The molecule has 0 bridgehead atoms. The molecule has 1 aromatic rings. The molecule has 0 fully saturated rings. The largest absolute Gasteiger partial charge is 0.511 e. The summed E-state index contributed by atoms with van der Waals surface area (Å²) in [5, 5.41) is 10.8. The third-order valence-electron chi connectivity index (χ3n) is 5.98. The van der Waals surface area contributed by atoms with Crippen LogP contribution in [0.2, 0.25) is 0 Å². The van der Waals surface area contributed by atoms with Gasteiger partial charge in [-0.15, -0.1) is 13.2 Å². The Bertz CT molecular complexity index is 911. The van der Waals surface area contributed by atoms with Crippen LogP contribution in [0.3, 0.4) is 0 Å². The second-order valence-electron chi connectivity index (χ2n) is 8.56. The molecule has 0 saturated carbocycles. The van der Waals surface area contributed by atoms with Gasteiger partial charge in [0.25, 0.3) is 0 Å². The van der Waals surface area contributed by atoms with Gasteiger partial charge in [0.15, 0.2) is 11.6 Å². The number of rotatable bonds is 11. The van der Waals surface area contributed by atoms with E-state index < -0.39 is 11.3 Å². The Kier molecular flexibility index (Phi) is 8.64. The number of aliphatic hydroxyl groups excluding tert-OH is 1. The molecule has 0 radical (unpaired) electrons. The molecule has 0 amide bonds. The Balaban J connectivity index is 2.35. The van der Waals surface area contributed by atoms with Crippen molar-refractivity contribution in [2.45, 2.75) is 46.0 Å². The fourth-order valence-corrected chi connectivity index (χ4v) is 4.03. The monoisotopic (exact) mass is 438 g/mol. The predicted octanol–water partition coefficient (Wildman–Crippen LogP) is 6.02. The van der Waals surface area contributed by atoms with Crippen LogP contribution >= 0.6 is 0 Å². The van der Waals surface area contributed by atoms with E-state index in [-0.39, 0.29) is 23.7 Å². The molecular weight excluding hydrogens is 404 g/mol. The average Bonchev–Trinajstić information content (AvgIpc) is 2.75. The first kappa shape index (κ1) is 25.2. The highest BCUT2D eigenvalue weighted by Crippen LogP contribution is 2.45. The second kappa shape index (κ2) is 11.0. The molecule has 172 valence electrons. The molecule has 5 nitrogen and oxygen atoms in total. The molecule has 0 saturated heterocycles. The Morgan fingerprint density at radius 2 is 1.59 bits per heavy atom. The lowest BCUT2D eigenvalue weighted by Gasteiger charge is -2.37. The van der Waals surface area contributed by atoms with Gasteiger partial charge in [-0.3, -0.25) is 9.59 Å². The third-order valence-corrected chi connectivity index (χ3v) is 5.98. The Labute approximate surface area is 191 Å². The summed E-state index contributed by atoms with van der Waals surface area (Å²) in [5.41, 5.74) is 1.50. The fraction of sp³-hybridized carbons (Fsp3) is 0.407. The van der Waals surface area contributed by atoms with E-state index in [2.05, 4.69) is 13.2 Å². The van der Waals surface area contributed by atoms with Crippen molar-refractivity contribution in [1.29, 1.82) is 0 Å². The summed E-state index contributed by atoms with van der Waals surface area (Å²) in [7, 11) is 3.15. The summed E-state index contributed by atoms with van der Waals surface area (Å²) in [6.45, 7) is 11.7. The molecule has 0 spiro atoms. The van der Waals surface area contributed by atoms with E-state index in [0.29, 0.717) is 37.2 Å². The zero-order valence-corrected chi connectivity index (χ0v) is 19.6. The fourth-order valence-electron chi connectivity index (χ4n) is 4.03. The first-order valence-corrected chi connectivity index (χ1v) is 10.8. The minimum atomic E-state index is -1.09. The standard InChI is InChI=1S/C27H34O5/c1-18(2)13-15-27(16-14-19(3)4)25(29)17-22(28)20(26(27)30)9-7-10-21-23(31-5)11-8-12-24(21)32-6/h7-8,10-12,17,20,29H,1,3,9,13-16H2,2,4-6H3. The van der Waals surface area contributed by atoms with Crippen LogP contribution in [0, 0.1) is 11.3 Å².